The van der Waals surface area contributed by atoms with Crippen molar-refractivity contribution in [2.45, 2.75) is 43.9 Å². The summed E-state index contributed by atoms with van der Waals surface area (Å²) in [5.41, 5.74) is -0.827. The fourth-order valence-corrected chi connectivity index (χ4v) is 2.71. The third kappa shape index (κ3) is 2.32. The van der Waals surface area contributed by atoms with Gasteiger partial charge in [-0.15, -0.1) is 0 Å². The zero-order chi connectivity index (χ0) is 12.7. The Morgan fingerprint density at radius 3 is 2.47 bits per heavy atom. The first-order chi connectivity index (χ1) is 7.83. The molecule has 1 nitrogen and oxygen atoms in total. The van der Waals surface area contributed by atoms with Crippen LogP contribution >= 0.6 is 0 Å². The molecule has 0 bridgehead atoms. The van der Waals surface area contributed by atoms with Gasteiger partial charge >= 0.3 is 6.18 Å². The maximum Gasteiger partial charge on any atom is 0.416 e. The van der Waals surface area contributed by atoms with Crippen LogP contribution in [0.4, 0.5) is 13.2 Å². The number of aliphatic hydroxyl groups excluding tert-OH is 1. The lowest BCUT2D eigenvalue weighted by atomic mass is 9.78. The summed E-state index contributed by atoms with van der Waals surface area (Å²) in [7, 11) is 0. The van der Waals surface area contributed by atoms with Crippen molar-refractivity contribution in [1.82, 2.24) is 0 Å². The van der Waals surface area contributed by atoms with E-state index in [1.807, 2.05) is 0 Å². The second-order valence-corrected chi connectivity index (χ2v) is 5.00. The number of aliphatic hydroxyl groups is 1. The quantitative estimate of drug-likeness (QED) is 0.801. The van der Waals surface area contributed by atoms with Gasteiger partial charge in [0.25, 0.3) is 0 Å². The van der Waals surface area contributed by atoms with Gasteiger partial charge in [-0.05, 0) is 36.3 Å². The summed E-state index contributed by atoms with van der Waals surface area (Å²) in [5.74, 6) is 0. The highest BCUT2D eigenvalue weighted by atomic mass is 19.4. The predicted molar refractivity (Wildman–Crippen MR) is 58.7 cm³/mol. The molecular formula is C13H15F3O. The zero-order valence-corrected chi connectivity index (χ0v) is 9.59. The minimum absolute atomic E-state index is 0.309. The Morgan fingerprint density at radius 2 is 1.94 bits per heavy atom. The molecule has 1 N–H and O–H groups in total. The Morgan fingerprint density at radius 1 is 1.29 bits per heavy atom. The number of benzene rings is 1. The van der Waals surface area contributed by atoms with Crippen molar-refractivity contribution < 1.29 is 18.3 Å². The van der Waals surface area contributed by atoms with Crippen molar-refractivity contribution in [1.29, 1.82) is 0 Å². The van der Waals surface area contributed by atoms with E-state index in [9.17, 15) is 18.3 Å². The van der Waals surface area contributed by atoms with E-state index in [1.54, 1.807) is 13.0 Å². The zero-order valence-electron chi connectivity index (χ0n) is 9.59. The number of alkyl halides is 3. The molecule has 0 radical (unpaired) electrons. The Labute approximate surface area is 98.3 Å². The number of halogens is 3. The molecule has 1 aliphatic carbocycles. The van der Waals surface area contributed by atoms with E-state index < -0.39 is 23.3 Å². The van der Waals surface area contributed by atoms with Gasteiger partial charge in [0.15, 0.2) is 0 Å². The fraction of sp³-hybridized carbons (Fsp3) is 0.538. The molecule has 4 heteroatoms. The van der Waals surface area contributed by atoms with E-state index in [0.717, 1.165) is 6.07 Å². The summed E-state index contributed by atoms with van der Waals surface area (Å²) in [6.07, 6.45) is -3.24. The van der Waals surface area contributed by atoms with Crippen LogP contribution in [-0.4, -0.2) is 11.2 Å². The van der Waals surface area contributed by atoms with Crippen LogP contribution in [0.25, 0.3) is 0 Å². The van der Waals surface area contributed by atoms with E-state index in [-0.39, 0.29) is 0 Å². The van der Waals surface area contributed by atoms with Crippen molar-refractivity contribution in [2.75, 3.05) is 0 Å². The molecule has 2 atom stereocenters. The summed E-state index contributed by atoms with van der Waals surface area (Å²) < 4.78 is 38.7. The van der Waals surface area contributed by atoms with Crippen molar-refractivity contribution in [3.63, 3.8) is 0 Å². The van der Waals surface area contributed by atoms with Crippen LogP contribution in [0.5, 0.6) is 0 Å². The molecule has 2 unspecified atom stereocenters. The number of rotatable bonds is 1. The summed E-state index contributed by atoms with van der Waals surface area (Å²) >= 11 is 0. The molecule has 0 aliphatic heterocycles. The van der Waals surface area contributed by atoms with E-state index in [2.05, 4.69) is 0 Å². The van der Waals surface area contributed by atoms with Crippen LogP contribution in [-0.2, 0) is 11.6 Å². The summed E-state index contributed by atoms with van der Waals surface area (Å²) in [6.45, 7) is 1.80. The highest BCUT2D eigenvalue weighted by Crippen LogP contribution is 2.45. The maximum atomic E-state index is 12.9. The average molecular weight is 244 g/mol. The molecule has 0 aromatic heterocycles. The molecule has 0 saturated heterocycles. The Bertz CT molecular complexity index is 413. The summed E-state index contributed by atoms with van der Waals surface area (Å²) in [5, 5.41) is 9.54. The summed E-state index contributed by atoms with van der Waals surface area (Å²) in [6, 6.07) is 5.67. The van der Waals surface area contributed by atoms with Crippen molar-refractivity contribution in [3.8, 4) is 0 Å². The standard InChI is InChI=1S/C13H15F3O/c1-12(7-6-9(17)8-12)10-4-2-3-5-11(10)13(14,15)16/h2-5,9,17H,6-8H2,1H3. The first-order valence-electron chi connectivity index (χ1n) is 5.68. The molecule has 0 heterocycles. The first-order valence-corrected chi connectivity index (χ1v) is 5.68. The monoisotopic (exact) mass is 244 g/mol. The lowest BCUT2D eigenvalue weighted by Gasteiger charge is -2.27. The normalized spacial score (nSPS) is 29.6. The van der Waals surface area contributed by atoms with Crippen molar-refractivity contribution in [2.24, 2.45) is 0 Å². The first kappa shape index (κ1) is 12.4. The van der Waals surface area contributed by atoms with Gasteiger partial charge in [0, 0.05) is 0 Å². The lowest BCUT2D eigenvalue weighted by molar-refractivity contribution is -0.138. The van der Waals surface area contributed by atoms with E-state index in [1.165, 1.54) is 12.1 Å². The summed E-state index contributed by atoms with van der Waals surface area (Å²) in [4.78, 5) is 0. The number of hydrogen-bond donors (Lipinski definition) is 1. The Balaban J connectivity index is 2.46. The van der Waals surface area contributed by atoms with Crippen LogP contribution < -0.4 is 0 Å². The smallest absolute Gasteiger partial charge is 0.393 e. The fourth-order valence-electron chi connectivity index (χ4n) is 2.71. The Hall–Kier alpha value is -1.03. The second-order valence-electron chi connectivity index (χ2n) is 5.00. The third-order valence-corrected chi connectivity index (χ3v) is 3.60. The minimum atomic E-state index is -4.33. The van der Waals surface area contributed by atoms with Gasteiger partial charge in [-0.2, -0.15) is 13.2 Å². The maximum absolute atomic E-state index is 12.9. The van der Waals surface area contributed by atoms with E-state index >= 15 is 0 Å². The number of hydrogen-bond acceptors (Lipinski definition) is 1. The van der Waals surface area contributed by atoms with Crippen molar-refractivity contribution in [3.05, 3.63) is 35.4 Å². The van der Waals surface area contributed by atoms with Gasteiger partial charge in [0.2, 0.25) is 0 Å². The van der Waals surface area contributed by atoms with Gasteiger partial charge in [0.05, 0.1) is 11.7 Å². The molecule has 94 valence electrons. The molecule has 0 amide bonds. The van der Waals surface area contributed by atoms with E-state index in [0.29, 0.717) is 24.8 Å². The van der Waals surface area contributed by atoms with Crippen LogP contribution in [0.3, 0.4) is 0 Å². The molecule has 1 aromatic rings. The van der Waals surface area contributed by atoms with Crippen molar-refractivity contribution >= 4 is 0 Å². The molecule has 17 heavy (non-hydrogen) atoms. The minimum Gasteiger partial charge on any atom is -0.393 e. The van der Waals surface area contributed by atoms with Gasteiger partial charge in [-0.3, -0.25) is 0 Å². The van der Waals surface area contributed by atoms with Gasteiger partial charge in [-0.1, -0.05) is 25.1 Å². The van der Waals surface area contributed by atoms with E-state index in [4.69, 9.17) is 0 Å². The highest BCUT2D eigenvalue weighted by molar-refractivity contribution is 5.36. The van der Waals surface area contributed by atoms with Crippen LogP contribution in [0.1, 0.15) is 37.3 Å². The largest absolute Gasteiger partial charge is 0.416 e. The van der Waals surface area contributed by atoms with Gasteiger partial charge in [-0.25, -0.2) is 0 Å². The molecule has 1 aliphatic rings. The molecule has 1 fully saturated rings. The highest BCUT2D eigenvalue weighted by Gasteiger charge is 2.42. The second kappa shape index (κ2) is 4.02. The topological polar surface area (TPSA) is 20.2 Å². The molecule has 1 aromatic carbocycles. The third-order valence-electron chi connectivity index (χ3n) is 3.60. The predicted octanol–water partition coefficient (Wildman–Crippen LogP) is 3.51. The average Bonchev–Trinajstić information content (AvgIpc) is 2.59. The van der Waals surface area contributed by atoms with Gasteiger partial charge in [0.1, 0.15) is 0 Å². The Kier molecular flexibility index (Phi) is 2.94. The molecular weight excluding hydrogens is 229 g/mol. The lowest BCUT2D eigenvalue weighted by Crippen LogP contribution is -2.23. The molecule has 2 rings (SSSR count). The van der Waals surface area contributed by atoms with Crippen LogP contribution in [0, 0.1) is 0 Å². The van der Waals surface area contributed by atoms with Crippen LogP contribution in [0.2, 0.25) is 0 Å². The molecule has 1 saturated carbocycles. The van der Waals surface area contributed by atoms with Crippen LogP contribution in [0.15, 0.2) is 24.3 Å². The SMILES string of the molecule is CC1(c2ccccc2C(F)(F)F)CCC(O)C1. The van der Waals surface area contributed by atoms with Gasteiger partial charge < -0.3 is 5.11 Å². The molecule has 0 spiro atoms.